The number of H-pyrrole nitrogens is 1. The maximum Gasteiger partial charge on any atom is 0.276 e. The third-order valence-electron chi connectivity index (χ3n) is 4.01. The summed E-state index contributed by atoms with van der Waals surface area (Å²) in [5.41, 5.74) is 1.25. The second-order valence-electron chi connectivity index (χ2n) is 5.54. The molecule has 2 N–H and O–H groups in total. The zero-order valence-electron chi connectivity index (χ0n) is 12.9. The standard InChI is InChI=1S/C18H12N4O3/c23-18(19-15-7-3-5-11-4-1-2-6-13(11)15)17-14-10-12(22(24)25)8-9-16(14)20-21-17/h1-10H,(H,19,23)(H,20,21). The van der Waals surface area contributed by atoms with Gasteiger partial charge in [-0.15, -0.1) is 0 Å². The Bertz CT molecular complexity index is 1130. The summed E-state index contributed by atoms with van der Waals surface area (Å²) in [6.07, 6.45) is 0. The van der Waals surface area contributed by atoms with Crippen LogP contribution in [0.25, 0.3) is 21.7 Å². The number of aromatic nitrogens is 2. The van der Waals surface area contributed by atoms with E-state index in [1.807, 2.05) is 36.4 Å². The number of aromatic amines is 1. The van der Waals surface area contributed by atoms with Gasteiger partial charge in [-0.25, -0.2) is 0 Å². The molecule has 25 heavy (non-hydrogen) atoms. The molecule has 1 aromatic heterocycles. The lowest BCUT2D eigenvalue weighted by Crippen LogP contribution is -2.13. The van der Waals surface area contributed by atoms with E-state index in [0.717, 1.165) is 10.8 Å². The summed E-state index contributed by atoms with van der Waals surface area (Å²) in [5, 5.41) is 22.9. The highest BCUT2D eigenvalue weighted by atomic mass is 16.6. The normalized spacial score (nSPS) is 10.9. The fraction of sp³-hybridized carbons (Fsp3) is 0. The molecule has 0 atom stereocenters. The quantitative estimate of drug-likeness (QED) is 0.439. The summed E-state index contributed by atoms with van der Waals surface area (Å²) in [7, 11) is 0. The highest BCUT2D eigenvalue weighted by Crippen LogP contribution is 2.26. The van der Waals surface area contributed by atoms with Gasteiger partial charge in [0.25, 0.3) is 11.6 Å². The summed E-state index contributed by atoms with van der Waals surface area (Å²) in [5.74, 6) is -0.428. The number of amides is 1. The van der Waals surface area contributed by atoms with Crippen molar-refractivity contribution in [2.24, 2.45) is 0 Å². The van der Waals surface area contributed by atoms with Gasteiger partial charge in [0.05, 0.1) is 10.4 Å². The molecule has 0 aliphatic heterocycles. The number of nitrogens with one attached hydrogen (secondary N) is 2. The van der Waals surface area contributed by atoms with Gasteiger partial charge in [0, 0.05) is 28.6 Å². The van der Waals surface area contributed by atoms with Crippen molar-refractivity contribution in [3.8, 4) is 0 Å². The lowest BCUT2D eigenvalue weighted by molar-refractivity contribution is -0.384. The highest BCUT2D eigenvalue weighted by molar-refractivity contribution is 6.14. The van der Waals surface area contributed by atoms with Crippen LogP contribution in [-0.4, -0.2) is 21.0 Å². The molecule has 0 aliphatic carbocycles. The van der Waals surface area contributed by atoms with Gasteiger partial charge < -0.3 is 5.32 Å². The number of carbonyl (C=O) groups excluding carboxylic acids is 1. The number of carbonyl (C=O) groups is 1. The molecule has 1 heterocycles. The van der Waals surface area contributed by atoms with Gasteiger partial charge in [-0.3, -0.25) is 20.0 Å². The molecule has 1 amide bonds. The summed E-state index contributed by atoms with van der Waals surface area (Å²) < 4.78 is 0. The molecular formula is C18H12N4O3. The predicted molar refractivity (Wildman–Crippen MR) is 94.6 cm³/mol. The number of rotatable bonds is 3. The van der Waals surface area contributed by atoms with Crippen LogP contribution in [-0.2, 0) is 0 Å². The van der Waals surface area contributed by atoms with E-state index in [9.17, 15) is 14.9 Å². The van der Waals surface area contributed by atoms with Crippen molar-refractivity contribution < 1.29 is 9.72 Å². The Kier molecular flexibility index (Phi) is 3.39. The average molecular weight is 332 g/mol. The van der Waals surface area contributed by atoms with E-state index in [1.54, 1.807) is 6.07 Å². The number of hydrogen-bond donors (Lipinski definition) is 2. The first-order valence-corrected chi connectivity index (χ1v) is 7.55. The molecule has 0 saturated carbocycles. The topological polar surface area (TPSA) is 101 Å². The van der Waals surface area contributed by atoms with Crippen LogP contribution in [0.5, 0.6) is 0 Å². The van der Waals surface area contributed by atoms with E-state index >= 15 is 0 Å². The van der Waals surface area contributed by atoms with Gasteiger partial charge in [-0.1, -0.05) is 36.4 Å². The van der Waals surface area contributed by atoms with Crippen LogP contribution in [0.1, 0.15) is 10.5 Å². The number of anilines is 1. The SMILES string of the molecule is O=C(Nc1cccc2ccccc12)c1n[nH]c2ccc([N+](=O)[O-])cc12. The van der Waals surface area contributed by atoms with Crippen LogP contribution in [0.2, 0.25) is 0 Å². The molecule has 7 heteroatoms. The molecule has 0 spiro atoms. The van der Waals surface area contributed by atoms with Crippen LogP contribution < -0.4 is 5.32 Å². The summed E-state index contributed by atoms with van der Waals surface area (Å²) in [6, 6.07) is 17.6. The zero-order chi connectivity index (χ0) is 17.4. The number of nitrogens with zero attached hydrogens (tertiary/aromatic N) is 2. The Morgan fingerprint density at radius 3 is 2.68 bits per heavy atom. The maximum absolute atomic E-state index is 12.7. The Labute approximate surface area is 141 Å². The number of nitro groups is 1. The molecule has 7 nitrogen and oxygen atoms in total. The molecule has 0 saturated heterocycles. The minimum atomic E-state index is -0.501. The van der Waals surface area contributed by atoms with Gasteiger partial charge in [-0.05, 0) is 17.5 Å². The van der Waals surface area contributed by atoms with E-state index in [2.05, 4.69) is 15.5 Å². The van der Waals surface area contributed by atoms with Gasteiger partial charge in [0.15, 0.2) is 5.69 Å². The monoisotopic (exact) mass is 332 g/mol. The third kappa shape index (κ3) is 2.57. The number of non-ortho nitro benzene ring substituents is 1. The van der Waals surface area contributed by atoms with E-state index in [-0.39, 0.29) is 11.4 Å². The second kappa shape index (κ2) is 5.72. The molecule has 4 rings (SSSR count). The van der Waals surface area contributed by atoms with Crippen LogP contribution >= 0.6 is 0 Å². The summed E-state index contributed by atoms with van der Waals surface area (Å²) in [6.45, 7) is 0. The molecule has 0 unspecified atom stereocenters. The van der Waals surface area contributed by atoms with Crippen molar-refractivity contribution in [1.29, 1.82) is 0 Å². The van der Waals surface area contributed by atoms with Gasteiger partial charge >= 0.3 is 0 Å². The number of nitro benzene ring substituents is 1. The summed E-state index contributed by atoms with van der Waals surface area (Å²) in [4.78, 5) is 23.1. The molecule has 0 fully saturated rings. The number of fused-ring (bicyclic) bond motifs is 2. The smallest absolute Gasteiger partial charge is 0.276 e. The Balaban J connectivity index is 1.75. The molecule has 4 aromatic rings. The average Bonchev–Trinajstić information content (AvgIpc) is 3.05. The van der Waals surface area contributed by atoms with E-state index in [4.69, 9.17) is 0 Å². The molecule has 0 radical (unpaired) electrons. The first kappa shape index (κ1) is 14.8. The van der Waals surface area contributed by atoms with Gasteiger partial charge in [-0.2, -0.15) is 5.10 Å². The Morgan fingerprint density at radius 1 is 1.04 bits per heavy atom. The second-order valence-corrected chi connectivity index (χ2v) is 5.54. The van der Waals surface area contributed by atoms with Crippen molar-refractivity contribution >= 4 is 39.0 Å². The molecule has 0 bridgehead atoms. The van der Waals surface area contributed by atoms with Crippen molar-refractivity contribution in [3.63, 3.8) is 0 Å². The minimum Gasteiger partial charge on any atom is -0.320 e. The van der Waals surface area contributed by atoms with Crippen LogP contribution in [0.15, 0.2) is 60.7 Å². The van der Waals surface area contributed by atoms with E-state index in [1.165, 1.54) is 18.2 Å². The molecule has 122 valence electrons. The van der Waals surface area contributed by atoms with E-state index < -0.39 is 10.8 Å². The largest absolute Gasteiger partial charge is 0.320 e. The fourth-order valence-corrected chi connectivity index (χ4v) is 2.80. The van der Waals surface area contributed by atoms with Crippen molar-refractivity contribution in [1.82, 2.24) is 10.2 Å². The molecule has 3 aromatic carbocycles. The highest BCUT2D eigenvalue weighted by Gasteiger charge is 2.18. The van der Waals surface area contributed by atoms with Crippen LogP contribution in [0.3, 0.4) is 0 Å². The Morgan fingerprint density at radius 2 is 1.84 bits per heavy atom. The van der Waals surface area contributed by atoms with Crippen molar-refractivity contribution in [2.75, 3.05) is 5.32 Å². The van der Waals surface area contributed by atoms with Crippen LogP contribution in [0.4, 0.5) is 11.4 Å². The lowest BCUT2D eigenvalue weighted by Gasteiger charge is -2.07. The zero-order valence-corrected chi connectivity index (χ0v) is 12.9. The van der Waals surface area contributed by atoms with E-state index in [0.29, 0.717) is 16.6 Å². The van der Waals surface area contributed by atoms with Gasteiger partial charge in [0.1, 0.15) is 0 Å². The molecule has 0 aliphatic rings. The first-order chi connectivity index (χ1) is 12.1. The van der Waals surface area contributed by atoms with Crippen LogP contribution in [0, 0.1) is 10.1 Å². The van der Waals surface area contributed by atoms with Gasteiger partial charge in [0.2, 0.25) is 0 Å². The van der Waals surface area contributed by atoms with Crippen molar-refractivity contribution in [2.45, 2.75) is 0 Å². The minimum absolute atomic E-state index is 0.0897. The lowest BCUT2D eigenvalue weighted by atomic mass is 10.1. The maximum atomic E-state index is 12.7. The first-order valence-electron chi connectivity index (χ1n) is 7.55. The summed E-state index contributed by atoms with van der Waals surface area (Å²) >= 11 is 0. The fourth-order valence-electron chi connectivity index (χ4n) is 2.80. The van der Waals surface area contributed by atoms with Crippen molar-refractivity contribution in [3.05, 3.63) is 76.5 Å². The Hall–Kier alpha value is -3.74. The molecular weight excluding hydrogens is 320 g/mol. The predicted octanol–water partition coefficient (Wildman–Crippen LogP) is 3.88. The number of hydrogen-bond acceptors (Lipinski definition) is 4. The number of benzene rings is 3. The third-order valence-corrected chi connectivity index (χ3v) is 4.01.